The predicted octanol–water partition coefficient (Wildman–Crippen LogP) is 2.86. The van der Waals surface area contributed by atoms with E-state index in [2.05, 4.69) is 65.0 Å². The summed E-state index contributed by atoms with van der Waals surface area (Å²) in [5, 5.41) is 14.1. The van der Waals surface area contributed by atoms with Crippen molar-refractivity contribution in [1.29, 1.82) is 0 Å². The lowest BCUT2D eigenvalue weighted by molar-refractivity contribution is 0.506. The standard InChI is InChI=1S/C17H20N4/c1-3-18-16(17-12-19-20-21(17)2)11-13-8-9-14-6-4-5-7-15(14)10-13/h4-10,12,16,18H,3,11H2,1-2H3. The number of hydrogen-bond acceptors (Lipinski definition) is 3. The van der Waals surface area contributed by atoms with Gasteiger partial charge in [0.25, 0.3) is 0 Å². The van der Waals surface area contributed by atoms with Gasteiger partial charge in [0.1, 0.15) is 0 Å². The highest BCUT2D eigenvalue weighted by molar-refractivity contribution is 5.83. The number of aromatic nitrogens is 3. The second kappa shape index (κ2) is 6.06. The van der Waals surface area contributed by atoms with Gasteiger partial charge in [-0.1, -0.05) is 54.6 Å². The minimum Gasteiger partial charge on any atom is -0.309 e. The lowest BCUT2D eigenvalue weighted by atomic mass is 10.00. The average molecular weight is 280 g/mol. The fraction of sp³-hybridized carbons (Fsp3) is 0.294. The maximum Gasteiger partial charge on any atom is 0.0756 e. The quantitative estimate of drug-likeness (QED) is 0.781. The van der Waals surface area contributed by atoms with E-state index >= 15 is 0 Å². The lowest BCUT2D eigenvalue weighted by Crippen LogP contribution is -2.25. The molecule has 2 aromatic carbocycles. The van der Waals surface area contributed by atoms with E-state index in [4.69, 9.17) is 0 Å². The van der Waals surface area contributed by atoms with Gasteiger partial charge in [-0.15, -0.1) is 5.10 Å². The first-order valence-electron chi connectivity index (χ1n) is 7.33. The van der Waals surface area contributed by atoms with Crippen molar-refractivity contribution in [3.05, 3.63) is 59.9 Å². The molecule has 1 aromatic heterocycles. The third kappa shape index (κ3) is 2.95. The third-order valence-electron chi connectivity index (χ3n) is 3.81. The zero-order chi connectivity index (χ0) is 14.7. The Balaban J connectivity index is 1.89. The van der Waals surface area contributed by atoms with Crippen molar-refractivity contribution in [2.24, 2.45) is 7.05 Å². The molecule has 0 amide bonds. The minimum atomic E-state index is 0.233. The Bertz CT molecular complexity index is 732. The highest BCUT2D eigenvalue weighted by Gasteiger charge is 2.15. The highest BCUT2D eigenvalue weighted by atomic mass is 15.4. The number of benzene rings is 2. The number of hydrogen-bond donors (Lipinski definition) is 1. The Morgan fingerprint density at radius 3 is 2.67 bits per heavy atom. The monoisotopic (exact) mass is 280 g/mol. The number of rotatable bonds is 5. The van der Waals surface area contributed by atoms with E-state index in [1.165, 1.54) is 16.3 Å². The van der Waals surface area contributed by atoms with E-state index in [9.17, 15) is 0 Å². The van der Waals surface area contributed by atoms with Crippen LogP contribution in [0.2, 0.25) is 0 Å². The Labute approximate surface area is 124 Å². The van der Waals surface area contributed by atoms with Crippen molar-refractivity contribution in [3.63, 3.8) is 0 Å². The summed E-state index contributed by atoms with van der Waals surface area (Å²) in [5.41, 5.74) is 2.44. The SMILES string of the molecule is CCNC(Cc1ccc2ccccc2c1)c1cnnn1C. The molecule has 108 valence electrons. The van der Waals surface area contributed by atoms with Crippen molar-refractivity contribution in [1.82, 2.24) is 20.3 Å². The van der Waals surface area contributed by atoms with Crippen LogP contribution in [0.4, 0.5) is 0 Å². The molecule has 0 radical (unpaired) electrons. The van der Waals surface area contributed by atoms with Gasteiger partial charge in [0.15, 0.2) is 0 Å². The Morgan fingerprint density at radius 1 is 1.14 bits per heavy atom. The van der Waals surface area contributed by atoms with E-state index < -0.39 is 0 Å². The van der Waals surface area contributed by atoms with Gasteiger partial charge < -0.3 is 5.32 Å². The molecule has 0 aliphatic rings. The maximum absolute atomic E-state index is 4.04. The molecule has 21 heavy (non-hydrogen) atoms. The summed E-state index contributed by atoms with van der Waals surface area (Å²) < 4.78 is 1.84. The summed E-state index contributed by atoms with van der Waals surface area (Å²) >= 11 is 0. The van der Waals surface area contributed by atoms with Crippen molar-refractivity contribution in [2.75, 3.05) is 6.54 Å². The summed E-state index contributed by atoms with van der Waals surface area (Å²) in [7, 11) is 1.94. The zero-order valence-corrected chi connectivity index (χ0v) is 12.5. The molecule has 4 nitrogen and oxygen atoms in total. The molecule has 1 heterocycles. The minimum absolute atomic E-state index is 0.233. The third-order valence-corrected chi connectivity index (χ3v) is 3.81. The molecule has 0 spiro atoms. The van der Waals surface area contributed by atoms with Crippen LogP contribution >= 0.6 is 0 Å². The van der Waals surface area contributed by atoms with Crippen LogP contribution in [0.5, 0.6) is 0 Å². The second-order valence-corrected chi connectivity index (χ2v) is 5.28. The van der Waals surface area contributed by atoms with Crippen molar-refractivity contribution in [3.8, 4) is 0 Å². The summed E-state index contributed by atoms with van der Waals surface area (Å²) in [6, 6.07) is 15.4. The molecule has 3 aromatic rings. The molecular formula is C17H20N4. The first-order valence-corrected chi connectivity index (χ1v) is 7.33. The van der Waals surface area contributed by atoms with Crippen LogP contribution in [0, 0.1) is 0 Å². The molecule has 0 saturated carbocycles. The number of nitrogens with zero attached hydrogens (tertiary/aromatic N) is 3. The predicted molar refractivity (Wildman–Crippen MR) is 85.1 cm³/mol. The van der Waals surface area contributed by atoms with Gasteiger partial charge in [0.05, 0.1) is 17.9 Å². The van der Waals surface area contributed by atoms with E-state index in [0.717, 1.165) is 18.7 Å². The zero-order valence-electron chi connectivity index (χ0n) is 12.5. The normalized spacial score (nSPS) is 12.7. The smallest absolute Gasteiger partial charge is 0.0756 e. The van der Waals surface area contributed by atoms with Crippen LogP contribution in [0.3, 0.4) is 0 Å². The summed E-state index contributed by atoms with van der Waals surface area (Å²) in [5.74, 6) is 0. The van der Waals surface area contributed by atoms with E-state index in [-0.39, 0.29) is 6.04 Å². The second-order valence-electron chi connectivity index (χ2n) is 5.28. The van der Waals surface area contributed by atoms with Crippen molar-refractivity contribution >= 4 is 10.8 Å². The van der Waals surface area contributed by atoms with Gasteiger partial charge in [-0.3, -0.25) is 4.68 Å². The van der Waals surface area contributed by atoms with Crippen LogP contribution < -0.4 is 5.32 Å². The van der Waals surface area contributed by atoms with Gasteiger partial charge in [0, 0.05) is 7.05 Å². The molecule has 0 bridgehead atoms. The first-order chi connectivity index (χ1) is 10.3. The van der Waals surface area contributed by atoms with Crippen LogP contribution in [0.1, 0.15) is 24.2 Å². The molecule has 1 atom stereocenters. The fourth-order valence-corrected chi connectivity index (χ4v) is 2.74. The molecule has 3 rings (SSSR count). The lowest BCUT2D eigenvalue weighted by Gasteiger charge is -2.18. The number of nitrogens with one attached hydrogen (secondary N) is 1. The summed E-state index contributed by atoms with van der Waals surface area (Å²) in [6.45, 7) is 3.04. The summed E-state index contributed by atoms with van der Waals surface area (Å²) in [4.78, 5) is 0. The fourth-order valence-electron chi connectivity index (χ4n) is 2.74. The van der Waals surface area contributed by atoms with E-state index in [1.54, 1.807) is 0 Å². The Morgan fingerprint density at radius 2 is 1.95 bits per heavy atom. The highest BCUT2D eigenvalue weighted by Crippen LogP contribution is 2.21. The van der Waals surface area contributed by atoms with Crippen LogP contribution in [-0.2, 0) is 13.5 Å². The maximum atomic E-state index is 4.04. The molecule has 4 heteroatoms. The van der Waals surface area contributed by atoms with Gasteiger partial charge in [-0.05, 0) is 29.3 Å². The largest absolute Gasteiger partial charge is 0.309 e. The molecule has 0 aliphatic carbocycles. The molecule has 0 aliphatic heterocycles. The van der Waals surface area contributed by atoms with Gasteiger partial charge >= 0.3 is 0 Å². The Kier molecular flexibility index (Phi) is 3.97. The number of aryl methyl sites for hydroxylation is 1. The van der Waals surface area contributed by atoms with Crippen LogP contribution in [-0.4, -0.2) is 21.5 Å². The van der Waals surface area contributed by atoms with E-state index in [1.807, 2.05) is 17.9 Å². The van der Waals surface area contributed by atoms with Gasteiger partial charge in [-0.2, -0.15) is 0 Å². The van der Waals surface area contributed by atoms with Gasteiger partial charge in [0.2, 0.25) is 0 Å². The van der Waals surface area contributed by atoms with Crippen LogP contribution in [0.25, 0.3) is 10.8 Å². The van der Waals surface area contributed by atoms with E-state index in [0.29, 0.717) is 0 Å². The van der Waals surface area contributed by atoms with Crippen molar-refractivity contribution in [2.45, 2.75) is 19.4 Å². The molecule has 1 unspecified atom stereocenters. The molecule has 0 fully saturated rings. The van der Waals surface area contributed by atoms with Crippen molar-refractivity contribution < 1.29 is 0 Å². The van der Waals surface area contributed by atoms with Crippen LogP contribution in [0.15, 0.2) is 48.7 Å². The number of fused-ring (bicyclic) bond motifs is 1. The number of likely N-dealkylation sites (N-methyl/N-ethyl adjacent to an activating group) is 1. The topological polar surface area (TPSA) is 42.7 Å². The molecular weight excluding hydrogens is 260 g/mol. The molecule has 0 saturated heterocycles. The average Bonchev–Trinajstić information content (AvgIpc) is 2.93. The summed E-state index contributed by atoms with van der Waals surface area (Å²) in [6.07, 6.45) is 2.77. The first kappa shape index (κ1) is 13.8. The Hall–Kier alpha value is -2.20. The van der Waals surface area contributed by atoms with Gasteiger partial charge in [-0.25, -0.2) is 0 Å². The molecule has 1 N–H and O–H groups in total.